The predicted octanol–water partition coefficient (Wildman–Crippen LogP) is 1.68. The van der Waals surface area contributed by atoms with Crippen molar-refractivity contribution in [2.75, 3.05) is 67.1 Å². The summed E-state index contributed by atoms with van der Waals surface area (Å²) in [5.41, 5.74) is 0. The first-order valence-corrected chi connectivity index (χ1v) is 7.75. The van der Waals surface area contributed by atoms with Gasteiger partial charge in [-0.1, -0.05) is 13.0 Å². The molecule has 0 spiro atoms. The summed E-state index contributed by atoms with van der Waals surface area (Å²) >= 11 is 0. The number of rotatable bonds is 17. The maximum Gasteiger partial charge on any atom is 0.104 e. The van der Waals surface area contributed by atoms with Crippen LogP contribution >= 0.6 is 0 Å². The minimum atomic E-state index is -0.125. The lowest BCUT2D eigenvalue weighted by Crippen LogP contribution is -2.32. The lowest BCUT2D eigenvalue weighted by atomic mass is 10.3. The van der Waals surface area contributed by atoms with Crippen molar-refractivity contribution in [1.29, 1.82) is 0 Å². The first-order valence-electron chi connectivity index (χ1n) is 7.75. The van der Waals surface area contributed by atoms with E-state index in [4.69, 9.17) is 28.4 Å². The van der Waals surface area contributed by atoms with Gasteiger partial charge in [0.2, 0.25) is 0 Å². The van der Waals surface area contributed by atoms with Gasteiger partial charge in [0.15, 0.2) is 0 Å². The maximum atomic E-state index is 5.83. The molecule has 6 heteroatoms. The van der Waals surface area contributed by atoms with Gasteiger partial charge in [0.1, 0.15) is 12.2 Å². The van der Waals surface area contributed by atoms with Crippen molar-refractivity contribution < 1.29 is 28.4 Å². The van der Waals surface area contributed by atoms with Crippen molar-refractivity contribution in [1.82, 2.24) is 0 Å². The molecule has 2 unspecified atom stereocenters. The van der Waals surface area contributed by atoms with E-state index in [9.17, 15) is 0 Å². The van der Waals surface area contributed by atoms with Gasteiger partial charge < -0.3 is 28.4 Å². The minimum absolute atomic E-state index is 0.118. The highest BCUT2D eigenvalue weighted by Gasteiger charge is 2.14. The highest BCUT2D eigenvalue weighted by atomic mass is 16.6. The van der Waals surface area contributed by atoms with Gasteiger partial charge in [-0.3, -0.25) is 0 Å². The van der Waals surface area contributed by atoms with E-state index in [-0.39, 0.29) is 12.2 Å². The summed E-state index contributed by atoms with van der Waals surface area (Å²) in [6.45, 7) is 9.88. The molecule has 0 heterocycles. The van der Waals surface area contributed by atoms with Crippen LogP contribution in [0.4, 0.5) is 0 Å². The smallest absolute Gasteiger partial charge is 0.104 e. The molecule has 0 N–H and O–H groups in total. The Balaban J connectivity index is 4.02. The zero-order chi connectivity index (χ0) is 16.5. The van der Waals surface area contributed by atoms with E-state index in [2.05, 4.69) is 13.5 Å². The summed E-state index contributed by atoms with van der Waals surface area (Å²) in [5.74, 6) is 0. The van der Waals surface area contributed by atoms with Crippen LogP contribution in [-0.2, 0) is 28.4 Å². The molecule has 0 aliphatic heterocycles. The minimum Gasteiger partial charge on any atom is -0.382 e. The highest BCUT2D eigenvalue weighted by molar-refractivity contribution is 4.66. The molecule has 0 aromatic rings. The van der Waals surface area contributed by atoms with Crippen molar-refractivity contribution in [3.05, 3.63) is 12.7 Å². The lowest BCUT2D eigenvalue weighted by Gasteiger charge is -2.21. The lowest BCUT2D eigenvalue weighted by molar-refractivity contribution is -0.102. The van der Waals surface area contributed by atoms with Crippen molar-refractivity contribution >= 4 is 0 Å². The monoisotopic (exact) mass is 320 g/mol. The van der Waals surface area contributed by atoms with Crippen LogP contribution in [0.15, 0.2) is 12.7 Å². The molecule has 0 saturated heterocycles. The van der Waals surface area contributed by atoms with Gasteiger partial charge in [-0.2, -0.15) is 0 Å². The molecule has 0 saturated carbocycles. The van der Waals surface area contributed by atoms with Crippen LogP contribution in [0, 0.1) is 0 Å². The van der Waals surface area contributed by atoms with E-state index in [1.165, 1.54) is 0 Å². The van der Waals surface area contributed by atoms with Gasteiger partial charge >= 0.3 is 0 Å². The van der Waals surface area contributed by atoms with Crippen molar-refractivity contribution in [2.45, 2.75) is 25.6 Å². The van der Waals surface area contributed by atoms with Crippen LogP contribution in [0.1, 0.15) is 13.3 Å². The molecule has 0 radical (unpaired) electrons. The van der Waals surface area contributed by atoms with Gasteiger partial charge in [0, 0.05) is 20.8 Å². The molecular weight excluding hydrogens is 288 g/mol. The van der Waals surface area contributed by atoms with Crippen LogP contribution < -0.4 is 0 Å². The van der Waals surface area contributed by atoms with Gasteiger partial charge in [-0.25, -0.2) is 0 Å². The summed E-state index contributed by atoms with van der Waals surface area (Å²) < 4.78 is 32.6. The van der Waals surface area contributed by atoms with Gasteiger partial charge in [-0.05, 0) is 6.42 Å². The Morgan fingerprint density at radius 2 is 1.55 bits per heavy atom. The summed E-state index contributed by atoms with van der Waals surface area (Å²) in [5, 5.41) is 0. The molecule has 0 aliphatic rings. The van der Waals surface area contributed by atoms with Crippen molar-refractivity contribution in [3.63, 3.8) is 0 Å². The van der Waals surface area contributed by atoms with E-state index in [1.807, 2.05) is 0 Å². The topological polar surface area (TPSA) is 55.4 Å². The first-order chi connectivity index (χ1) is 10.8. The quantitative estimate of drug-likeness (QED) is 0.300. The molecule has 0 bridgehead atoms. The summed E-state index contributed by atoms with van der Waals surface area (Å²) in [7, 11) is 3.29. The second kappa shape index (κ2) is 16.9. The summed E-state index contributed by atoms with van der Waals surface area (Å²) in [4.78, 5) is 0. The van der Waals surface area contributed by atoms with Crippen LogP contribution in [-0.4, -0.2) is 79.3 Å². The molecule has 0 rings (SSSR count). The van der Waals surface area contributed by atoms with E-state index in [1.54, 1.807) is 20.3 Å². The molecule has 22 heavy (non-hydrogen) atoms. The molecule has 0 amide bonds. The third-order valence-electron chi connectivity index (χ3n) is 2.78. The standard InChI is InChI=1S/C16H32O6/c1-5-7-19-11-15(18-4)14-22-16(12-20-8-6-2)13-21-10-9-17-3/h5,15-16H,1,6-14H2,2-4H3. The average Bonchev–Trinajstić information content (AvgIpc) is 2.54. The van der Waals surface area contributed by atoms with E-state index in [0.717, 1.165) is 6.42 Å². The molecule has 0 aromatic heterocycles. The Morgan fingerprint density at radius 3 is 2.14 bits per heavy atom. The maximum absolute atomic E-state index is 5.83. The van der Waals surface area contributed by atoms with Crippen LogP contribution in [0.25, 0.3) is 0 Å². The third kappa shape index (κ3) is 13.2. The largest absolute Gasteiger partial charge is 0.382 e. The molecule has 132 valence electrons. The number of hydrogen-bond donors (Lipinski definition) is 0. The van der Waals surface area contributed by atoms with Crippen molar-refractivity contribution in [3.8, 4) is 0 Å². The predicted molar refractivity (Wildman–Crippen MR) is 85.4 cm³/mol. The highest BCUT2D eigenvalue weighted by Crippen LogP contribution is 2.01. The Labute approximate surface area is 134 Å². The summed E-state index contributed by atoms with van der Waals surface area (Å²) in [6, 6.07) is 0. The van der Waals surface area contributed by atoms with E-state index in [0.29, 0.717) is 52.9 Å². The number of ether oxygens (including phenoxy) is 6. The van der Waals surface area contributed by atoms with E-state index >= 15 is 0 Å². The van der Waals surface area contributed by atoms with Crippen LogP contribution in [0.5, 0.6) is 0 Å². The second-order valence-corrected chi connectivity index (χ2v) is 4.78. The third-order valence-corrected chi connectivity index (χ3v) is 2.78. The van der Waals surface area contributed by atoms with Crippen LogP contribution in [0.3, 0.4) is 0 Å². The zero-order valence-electron chi connectivity index (χ0n) is 14.3. The Bertz CT molecular complexity index is 237. The van der Waals surface area contributed by atoms with Crippen molar-refractivity contribution in [2.24, 2.45) is 0 Å². The van der Waals surface area contributed by atoms with E-state index < -0.39 is 0 Å². The van der Waals surface area contributed by atoms with Gasteiger partial charge in [0.05, 0.1) is 46.2 Å². The number of methoxy groups -OCH3 is 2. The Morgan fingerprint density at radius 1 is 0.864 bits per heavy atom. The van der Waals surface area contributed by atoms with Gasteiger partial charge in [-0.15, -0.1) is 6.58 Å². The van der Waals surface area contributed by atoms with Crippen LogP contribution in [0.2, 0.25) is 0 Å². The Kier molecular flexibility index (Phi) is 16.5. The number of hydrogen-bond acceptors (Lipinski definition) is 6. The molecule has 2 atom stereocenters. The van der Waals surface area contributed by atoms with Gasteiger partial charge in [0.25, 0.3) is 0 Å². The summed E-state index contributed by atoms with van der Waals surface area (Å²) in [6.07, 6.45) is 2.44. The fourth-order valence-corrected chi connectivity index (χ4v) is 1.57. The normalized spacial score (nSPS) is 14.0. The molecular formula is C16H32O6. The zero-order valence-corrected chi connectivity index (χ0v) is 14.3. The fraction of sp³-hybridized carbons (Fsp3) is 0.875. The fourth-order valence-electron chi connectivity index (χ4n) is 1.57. The Hall–Kier alpha value is -0.500. The average molecular weight is 320 g/mol. The SMILES string of the molecule is C=CCOCC(COC(COCCC)COCCOC)OC. The molecule has 0 aliphatic carbocycles. The first kappa shape index (κ1) is 21.5. The molecule has 0 fully saturated rings. The molecule has 0 aromatic carbocycles. The molecule has 6 nitrogen and oxygen atoms in total. The second-order valence-electron chi connectivity index (χ2n) is 4.78.